The van der Waals surface area contributed by atoms with E-state index in [1.807, 2.05) is 12.1 Å². The highest BCUT2D eigenvalue weighted by molar-refractivity contribution is 9.10. The quantitative estimate of drug-likeness (QED) is 0.245. The zero-order valence-electron chi connectivity index (χ0n) is 9.86. The number of nitrogens with zero attached hydrogens (tertiary/aromatic N) is 1. The normalized spacial score (nSPS) is 13.4. The maximum Gasteiger partial charge on any atom is 0.168 e. The molecule has 0 heterocycles. The molecular formula is C11H15BrClN3O2. The van der Waals surface area contributed by atoms with Crippen LogP contribution in [0.15, 0.2) is 27.8 Å². The van der Waals surface area contributed by atoms with Crippen LogP contribution >= 0.6 is 27.5 Å². The third-order valence-electron chi connectivity index (χ3n) is 2.25. The topological polar surface area (TPSA) is 79.9 Å². The first-order valence-corrected chi connectivity index (χ1v) is 6.49. The van der Waals surface area contributed by atoms with Crippen LogP contribution in [0, 0.1) is 0 Å². The van der Waals surface area contributed by atoms with Crippen LogP contribution in [0.25, 0.3) is 0 Å². The van der Waals surface area contributed by atoms with Crippen molar-refractivity contribution >= 4 is 39.1 Å². The Kier molecular flexibility index (Phi) is 6.24. The van der Waals surface area contributed by atoms with E-state index in [1.165, 1.54) is 0 Å². The molecule has 0 bridgehead atoms. The van der Waals surface area contributed by atoms with Gasteiger partial charge >= 0.3 is 0 Å². The number of anilines is 1. The minimum absolute atomic E-state index is 0.0595. The lowest BCUT2D eigenvalue weighted by molar-refractivity contribution is 0.115. The second kappa shape index (κ2) is 7.45. The first-order valence-electron chi connectivity index (χ1n) is 5.32. The van der Waals surface area contributed by atoms with Crippen molar-refractivity contribution in [2.24, 2.45) is 10.9 Å². The first-order chi connectivity index (χ1) is 8.54. The fourth-order valence-electron chi connectivity index (χ4n) is 1.20. The van der Waals surface area contributed by atoms with Gasteiger partial charge in [-0.1, -0.05) is 16.8 Å². The number of rotatable bonds is 6. The van der Waals surface area contributed by atoms with Gasteiger partial charge in [0.25, 0.3) is 0 Å². The number of nitrogens with two attached hydrogens (primary N) is 1. The van der Waals surface area contributed by atoms with Crippen LogP contribution in [-0.4, -0.2) is 30.3 Å². The number of amidine groups is 1. The molecule has 0 aliphatic carbocycles. The van der Waals surface area contributed by atoms with Crippen molar-refractivity contribution in [1.29, 1.82) is 0 Å². The zero-order valence-corrected chi connectivity index (χ0v) is 12.2. The molecule has 4 N–H and O–H groups in total. The Morgan fingerprint density at radius 3 is 3.00 bits per heavy atom. The second-order valence-electron chi connectivity index (χ2n) is 3.59. The van der Waals surface area contributed by atoms with Gasteiger partial charge in [-0.15, -0.1) is 0 Å². The highest BCUT2D eigenvalue weighted by atomic mass is 79.9. The Hall–Kier alpha value is -0.980. The molecule has 1 aromatic carbocycles. The van der Waals surface area contributed by atoms with E-state index in [0.717, 1.165) is 10.2 Å². The van der Waals surface area contributed by atoms with Crippen molar-refractivity contribution in [3.63, 3.8) is 0 Å². The summed E-state index contributed by atoms with van der Waals surface area (Å²) in [5.74, 6) is 0.0595. The zero-order chi connectivity index (χ0) is 13.5. The van der Waals surface area contributed by atoms with Crippen molar-refractivity contribution in [2.75, 3.05) is 18.5 Å². The van der Waals surface area contributed by atoms with E-state index in [0.29, 0.717) is 18.2 Å². The van der Waals surface area contributed by atoms with Gasteiger partial charge in [0, 0.05) is 16.7 Å². The standard InChI is InChI=1S/C11H15BrClN3O2/c1-7(11(14)16-17)18-5-4-15-8-2-3-10(13)9(12)6-8/h2-3,6-7,15,17H,4-5H2,1H3,(H2,14,16). The molecule has 7 heteroatoms. The SMILES string of the molecule is CC(OCCNc1ccc(Cl)c(Br)c1)/C(N)=N/O. The number of ether oxygens (including phenoxy) is 1. The van der Waals surface area contributed by atoms with Crippen LogP contribution in [0.3, 0.4) is 0 Å². The van der Waals surface area contributed by atoms with E-state index in [1.54, 1.807) is 13.0 Å². The van der Waals surface area contributed by atoms with Crippen molar-refractivity contribution < 1.29 is 9.94 Å². The number of benzene rings is 1. The summed E-state index contributed by atoms with van der Waals surface area (Å²) in [5, 5.41) is 15.2. The summed E-state index contributed by atoms with van der Waals surface area (Å²) in [6, 6.07) is 5.56. The predicted molar refractivity (Wildman–Crippen MR) is 76.5 cm³/mol. The summed E-state index contributed by atoms with van der Waals surface area (Å²) in [5.41, 5.74) is 6.32. The summed E-state index contributed by atoms with van der Waals surface area (Å²) in [4.78, 5) is 0. The molecule has 18 heavy (non-hydrogen) atoms. The molecule has 0 aliphatic rings. The number of hydrogen-bond donors (Lipinski definition) is 3. The lowest BCUT2D eigenvalue weighted by Crippen LogP contribution is -2.30. The van der Waals surface area contributed by atoms with Gasteiger partial charge in [0.05, 0.1) is 11.6 Å². The predicted octanol–water partition coefficient (Wildman–Crippen LogP) is 2.67. The molecule has 0 aliphatic heterocycles. The van der Waals surface area contributed by atoms with Gasteiger partial charge in [-0.3, -0.25) is 0 Å². The third kappa shape index (κ3) is 4.72. The van der Waals surface area contributed by atoms with Crippen molar-refractivity contribution in [3.8, 4) is 0 Å². The van der Waals surface area contributed by atoms with Gasteiger partial charge in [-0.2, -0.15) is 0 Å². The Bertz CT molecular complexity index is 429. The highest BCUT2D eigenvalue weighted by Gasteiger charge is 2.06. The molecule has 1 rings (SSSR count). The van der Waals surface area contributed by atoms with Crippen LogP contribution in [0.1, 0.15) is 6.92 Å². The average molecular weight is 337 g/mol. The van der Waals surface area contributed by atoms with Crippen LogP contribution in [0.5, 0.6) is 0 Å². The summed E-state index contributed by atoms with van der Waals surface area (Å²) in [7, 11) is 0. The smallest absolute Gasteiger partial charge is 0.168 e. The van der Waals surface area contributed by atoms with Gasteiger partial charge < -0.3 is 21.0 Å². The molecular weight excluding hydrogens is 321 g/mol. The Morgan fingerprint density at radius 1 is 1.67 bits per heavy atom. The number of halogens is 2. The Balaban J connectivity index is 2.32. The number of oxime groups is 1. The monoisotopic (exact) mass is 335 g/mol. The highest BCUT2D eigenvalue weighted by Crippen LogP contribution is 2.25. The molecule has 0 amide bonds. The molecule has 0 radical (unpaired) electrons. The van der Waals surface area contributed by atoms with Gasteiger partial charge in [-0.25, -0.2) is 0 Å². The fraction of sp³-hybridized carbons (Fsp3) is 0.364. The number of hydrogen-bond acceptors (Lipinski definition) is 4. The summed E-state index contributed by atoms with van der Waals surface area (Å²) in [6.45, 7) is 2.77. The molecule has 0 spiro atoms. The molecule has 1 atom stereocenters. The lowest BCUT2D eigenvalue weighted by atomic mass is 10.3. The fourth-order valence-corrected chi connectivity index (χ4v) is 1.70. The lowest BCUT2D eigenvalue weighted by Gasteiger charge is -2.12. The minimum Gasteiger partial charge on any atom is -0.409 e. The summed E-state index contributed by atoms with van der Waals surface area (Å²) in [6.07, 6.45) is -0.409. The molecule has 0 saturated heterocycles. The van der Waals surface area contributed by atoms with E-state index in [2.05, 4.69) is 26.4 Å². The van der Waals surface area contributed by atoms with Crippen LogP contribution in [0.2, 0.25) is 5.02 Å². The maximum atomic E-state index is 8.45. The Morgan fingerprint density at radius 2 is 2.39 bits per heavy atom. The van der Waals surface area contributed by atoms with E-state index in [-0.39, 0.29) is 5.84 Å². The van der Waals surface area contributed by atoms with Crippen LogP contribution in [-0.2, 0) is 4.74 Å². The van der Waals surface area contributed by atoms with Crippen LogP contribution in [0.4, 0.5) is 5.69 Å². The first kappa shape index (κ1) is 15.1. The minimum atomic E-state index is -0.409. The van der Waals surface area contributed by atoms with Crippen molar-refractivity contribution in [1.82, 2.24) is 0 Å². The van der Waals surface area contributed by atoms with E-state index in [4.69, 9.17) is 27.3 Å². The van der Waals surface area contributed by atoms with E-state index >= 15 is 0 Å². The van der Waals surface area contributed by atoms with Gasteiger partial charge in [0.15, 0.2) is 5.84 Å². The maximum absolute atomic E-state index is 8.45. The van der Waals surface area contributed by atoms with E-state index < -0.39 is 6.10 Å². The summed E-state index contributed by atoms with van der Waals surface area (Å²) >= 11 is 9.23. The average Bonchev–Trinajstić information content (AvgIpc) is 2.37. The molecule has 0 aromatic heterocycles. The van der Waals surface area contributed by atoms with Crippen molar-refractivity contribution in [2.45, 2.75) is 13.0 Å². The van der Waals surface area contributed by atoms with Crippen LogP contribution < -0.4 is 11.1 Å². The third-order valence-corrected chi connectivity index (χ3v) is 3.46. The second-order valence-corrected chi connectivity index (χ2v) is 4.86. The molecule has 0 saturated carbocycles. The molecule has 1 aromatic rings. The largest absolute Gasteiger partial charge is 0.409 e. The molecule has 0 fully saturated rings. The number of nitrogens with one attached hydrogen (secondary N) is 1. The van der Waals surface area contributed by atoms with E-state index in [9.17, 15) is 0 Å². The van der Waals surface area contributed by atoms with Crippen molar-refractivity contribution in [3.05, 3.63) is 27.7 Å². The molecule has 1 unspecified atom stereocenters. The van der Waals surface area contributed by atoms with Gasteiger partial charge in [-0.05, 0) is 41.1 Å². The summed E-state index contributed by atoms with van der Waals surface area (Å²) < 4.78 is 6.19. The van der Waals surface area contributed by atoms with Gasteiger partial charge in [0.1, 0.15) is 6.10 Å². The molecule has 100 valence electrons. The molecule has 5 nitrogen and oxygen atoms in total. The van der Waals surface area contributed by atoms with Gasteiger partial charge in [0.2, 0.25) is 0 Å². The Labute approximate surface area is 119 Å².